The molecule has 1 N–H and O–H groups in total. The van der Waals surface area contributed by atoms with Crippen LogP contribution in [0.15, 0.2) is 84.9 Å². The highest BCUT2D eigenvalue weighted by atomic mass is 16.5. The van der Waals surface area contributed by atoms with Crippen molar-refractivity contribution in [3.63, 3.8) is 0 Å². The fourth-order valence-corrected chi connectivity index (χ4v) is 9.35. The third-order valence-electron chi connectivity index (χ3n) is 12.1. The van der Waals surface area contributed by atoms with E-state index in [9.17, 15) is 4.79 Å². The molecule has 6 nitrogen and oxygen atoms in total. The first-order chi connectivity index (χ1) is 24.6. The largest absolute Gasteiger partial charge is 0.496 e. The van der Waals surface area contributed by atoms with Crippen molar-refractivity contribution in [1.29, 1.82) is 0 Å². The molecule has 1 saturated carbocycles. The fourth-order valence-electron chi connectivity index (χ4n) is 9.35. The number of amides is 1. The summed E-state index contributed by atoms with van der Waals surface area (Å²) in [6.45, 7) is 11.0. The molecule has 266 valence electrons. The molecule has 1 aromatic heterocycles. The zero-order valence-corrected chi connectivity index (χ0v) is 31.2. The number of imidazole rings is 1. The van der Waals surface area contributed by atoms with Crippen molar-refractivity contribution in [3.8, 4) is 34.0 Å². The van der Waals surface area contributed by atoms with Crippen molar-refractivity contribution in [2.24, 2.45) is 11.3 Å². The molecule has 0 radical (unpaired) electrons. The second-order valence-electron chi connectivity index (χ2n) is 15.7. The van der Waals surface area contributed by atoms with Gasteiger partial charge in [-0.3, -0.25) is 4.79 Å². The molecule has 4 aromatic carbocycles. The molecule has 0 saturated heterocycles. The summed E-state index contributed by atoms with van der Waals surface area (Å²) >= 11 is 0. The van der Waals surface area contributed by atoms with Gasteiger partial charge in [0, 0.05) is 26.1 Å². The number of nitrogens with one attached hydrogen (secondary N) is 1. The van der Waals surface area contributed by atoms with Crippen LogP contribution in [0.4, 0.5) is 0 Å². The molecule has 2 aliphatic carbocycles. The van der Waals surface area contributed by atoms with Gasteiger partial charge in [0.25, 0.3) is 0 Å². The van der Waals surface area contributed by atoms with Gasteiger partial charge in [-0.2, -0.15) is 0 Å². The molecule has 6 heteroatoms. The van der Waals surface area contributed by atoms with Crippen LogP contribution in [0.3, 0.4) is 0 Å². The summed E-state index contributed by atoms with van der Waals surface area (Å²) in [6.07, 6.45) is 7.06. The van der Waals surface area contributed by atoms with Gasteiger partial charge in [-0.15, -0.1) is 0 Å². The Kier molecular flexibility index (Phi) is 9.71. The third kappa shape index (κ3) is 6.66. The first kappa shape index (κ1) is 34.9. The van der Waals surface area contributed by atoms with Crippen LogP contribution in [0.25, 0.3) is 33.5 Å². The number of hydrogen-bond acceptors (Lipinski definition) is 4. The molecule has 0 spiro atoms. The molecule has 0 unspecified atom stereocenters. The van der Waals surface area contributed by atoms with E-state index in [1.165, 1.54) is 36.8 Å². The molecule has 0 bridgehead atoms. The van der Waals surface area contributed by atoms with Crippen LogP contribution >= 0.6 is 0 Å². The van der Waals surface area contributed by atoms with Gasteiger partial charge < -0.3 is 19.4 Å². The van der Waals surface area contributed by atoms with Crippen molar-refractivity contribution < 1.29 is 14.3 Å². The molecular weight excluding hydrogens is 631 g/mol. The quantitative estimate of drug-likeness (QED) is 0.141. The number of methoxy groups -OCH3 is 1. The number of benzene rings is 4. The number of carbonyl (C=O) groups is 1. The number of carbonyl (C=O) groups excluding carboxylic acids is 1. The Bertz CT molecular complexity index is 2030. The van der Waals surface area contributed by atoms with Crippen molar-refractivity contribution in [2.75, 3.05) is 20.8 Å². The van der Waals surface area contributed by atoms with Gasteiger partial charge in [0.05, 0.1) is 30.3 Å². The summed E-state index contributed by atoms with van der Waals surface area (Å²) in [7, 11) is 3.37. The minimum atomic E-state index is 0.0190. The van der Waals surface area contributed by atoms with Crippen LogP contribution in [0.2, 0.25) is 0 Å². The molecular formula is C45H53N3O3. The average Bonchev–Trinajstić information content (AvgIpc) is 3.49. The Morgan fingerprint density at radius 1 is 0.980 bits per heavy atom. The van der Waals surface area contributed by atoms with E-state index in [0.717, 1.165) is 52.4 Å². The maximum atomic E-state index is 11.7. The van der Waals surface area contributed by atoms with Crippen molar-refractivity contribution in [2.45, 2.75) is 90.5 Å². The number of nitrogens with zero attached hydrogens (tertiary/aromatic N) is 2. The topological polar surface area (TPSA) is 65.4 Å². The zero-order chi connectivity index (χ0) is 35.8. The number of ether oxygens (including phenoxy) is 2. The van der Waals surface area contributed by atoms with Gasteiger partial charge in [0.1, 0.15) is 17.3 Å². The number of aryl methyl sites for hydroxylation is 1. The summed E-state index contributed by atoms with van der Waals surface area (Å²) in [4.78, 5) is 17.1. The normalized spacial score (nSPS) is 21.3. The maximum Gasteiger partial charge on any atom is 0.219 e. The lowest BCUT2D eigenvalue weighted by atomic mass is 9.49. The summed E-state index contributed by atoms with van der Waals surface area (Å²) < 4.78 is 14.6. The van der Waals surface area contributed by atoms with Crippen LogP contribution in [0, 0.1) is 11.3 Å². The Morgan fingerprint density at radius 2 is 1.80 bits per heavy atom. The smallest absolute Gasteiger partial charge is 0.219 e. The SMILES string of the molecule is CNC(=O)CCCOc1ccc(-c2nc3cc(-c4ccccc4)ccc3n2C[C@]2(C)CCC[C@]3(C)c4ccc(C(C)C)cc4CC[C@@H]23)c(OC)c1. The third-order valence-corrected chi connectivity index (χ3v) is 12.1. The minimum absolute atomic E-state index is 0.0190. The van der Waals surface area contributed by atoms with E-state index in [2.05, 4.69) is 110 Å². The Labute approximate surface area is 303 Å². The van der Waals surface area contributed by atoms with E-state index in [1.807, 2.05) is 12.1 Å². The molecule has 3 atom stereocenters. The standard InChI is InChI=1S/C45H53N3O3/c1-30(2)32-15-20-37-34(26-32)17-22-41-44(3,23-11-24-45(37,41)4)29-48-39-21-16-33(31-12-8-7-9-13-31)27-38(39)47-43(48)36-19-18-35(28-40(36)50-6)51-25-10-14-42(49)46-5/h7-9,12-13,15-16,18-21,26-28,30,41H,10-11,14,17,22-25,29H2,1-6H3,(H,46,49)/t41-,44-,45+/m0/s1. The molecule has 7 rings (SSSR count). The van der Waals surface area contributed by atoms with Crippen molar-refractivity contribution in [3.05, 3.63) is 102 Å². The number of rotatable bonds is 11. The molecule has 1 fully saturated rings. The molecule has 51 heavy (non-hydrogen) atoms. The molecule has 1 heterocycles. The number of fused-ring (bicyclic) bond motifs is 4. The lowest BCUT2D eigenvalue weighted by Crippen LogP contribution is -2.50. The van der Waals surface area contributed by atoms with Gasteiger partial charge in [0.2, 0.25) is 5.91 Å². The van der Waals surface area contributed by atoms with E-state index in [4.69, 9.17) is 14.5 Å². The molecule has 0 aliphatic heterocycles. The maximum absolute atomic E-state index is 11.7. The van der Waals surface area contributed by atoms with E-state index < -0.39 is 0 Å². The van der Waals surface area contributed by atoms with E-state index in [0.29, 0.717) is 31.3 Å². The second-order valence-corrected chi connectivity index (χ2v) is 15.7. The van der Waals surface area contributed by atoms with Gasteiger partial charge in [-0.25, -0.2) is 4.98 Å². The lowest BCUT2D eigenvalue weighted by molar-refractivity contribution is -0.120. The summed E-state index contributed by atoms with van der Waals surface area (Å²) in [5.74, 6) is 3.48. The highest BCUT2D eigenvalue weighted by Crippen LogP contribution is 2.58. The van der Waals surface area contributed by atoms with Crippen LogP contribution in [-0.2, 0) is 23.2 Å². The lowest BCUT2D eigenvalue weighted by Gasteiger charge is -2.56. The van der Waals surface area contributed by atoms with E-state index >= 15 is 0 Å². The Hall–Kier alpha value is -4.58. The van der Waals surface area contributed by atoms with Gasteiger partial charge in [-0.1, -0.05) is 88.7 Å². The van der Waals surface area contributed by atoms with Crippen LogP contribution in [0.5, 0.6) is 11.5 Å². The Morgan fingerprint density at radius 3 is 2.57 bits per heavy atom. The van der Waals surface area contributed by atoms with E-state index in [1.54, 1.807) is 25.3 Å². The average molecular weight is 684 g/mol. The van der Waals surface area contributed by atoms with E-state index in [-0.39, 0.29) is 16.7 Å². The number of aromatic nitrogens is 2. The Balaban J connectivity index is 1.28. The summed E-state index contributed by atoms with van der Waals surface area (Å²) in [5.41, 5.74) is 10.2. The van der Waals surface area contributed by atoms with Crippen LogP contribution < -0.4 is 14.8 Å². The van der Waals surface area contributed by atoms with Gasteiger partial charge in [0.15, 0.2) is 0 Å². The highest BCUT2D eigenvalue weighted by molar-refractivity contribution is 5.86. The molecule has 1 amide bonds. The first-order valence-electron chi connectivity index (χ1n) is 18.8. The van der Waals surface area contributed by atoms with Crippen LogP contribution in [0.1, 0.15) is 88.8 Å². The highest BCUT2D eigenvalue weighted by Gasteiger charge is 2.52. The summed E-state index contributed by atoms with van der Waals surface area (Å²) in [5, 5.41) is 2.67. The monoisotopic (exact) mass is 683 g/mol. The van der Waals surface area contributed by atoms with Gasteiger partial charge >= 0.3 is 0 Å². The predicted octanol–water partition coefficient (Wildman–Crippen LogP) is 10.1. The summed E-state index contributed by atoms with van der Waals surface area (Å²) in [6, 6.07) is 30.7. The molecule has 5 aromatic rings. The number of hydrogen-bond donors (Lipinski definition) is 1. The first-order valence-corrected chi connectivity index (χ1v) is 18.8. The second kappa shape index (κ2) is 14.2. The fraction of sp³-hybridized carbons (Fsp3) is 0.422. The van der Waals surface area contributed by atoms with Crippen molar-refractivity contribution in [1.82, 2.24) is 14.9 Å². The zero-order valence-electron chi connectivity index (χ0n) is 31.2. The predicted molar refractivity (Wildman–Crippen MR) is 208 cm³/mol. The molecule has 2 aliphatic rings. The van der Waals surface area contributed by atoms with Crippen LogP contribution in [-0.4, -0.2) is 36.2 Å². The van der Waals surface area contributed by atoms with Crippen molar-refractivity contribution >= 4 is 16.9 Å². The minimum Gasteiger partial charge on any atom is -0.496 e. The van der Waals surface area contributed by atoms with Gasteiger partial charge in [-0.05, 0) is 107 Å².